The summed E-state index contributed by atoms with van der Waals surface area (Å²) < 4.78 is 43.7. The molecule has 1 aliphatic carbocycles. The van der Waals surface area contributed by atoms with Crippen molar-refractivity contribution in [1.82, 2.24) is 4.90 Å². The second kappa shape index (κ2) is 12.5. The van der Waals surface area contributed by atoms with Crippen LogP contribution in [0.4, 0.5) is 10.1 Å². The van der Waals surface area contributed by atoms with Gasteiger partial charge in [-0.15, -0.1) is 11.3 Å². The molecule has 1 fully saturated rings. The van der Waals surface area contributed by atoms with Gasteiger partial charge in [0.1, 0.15) is 5.82 Å². The number of hydrogen-bond donors (Lipinski definition) is 1. The van der Waals surface area contributed by atoms with Crippen LogP contribution in [0.25, 0.3) is 10.4 Å². The lowest BCUT2D eigenvalue weighted by Gasteiger charge is -2.28. The minimum atomic E-state index is -3.90. The molecule has 1 aromatic heterocycles. The molecule has 4 aromatic rings. The number of nitrogens with one attached hydrogen (secondary N) is 1. The maximum Gasteiger partial charge on any atom is 0.261 e. The van der Waals surface area contributed by atoms with Gasteiger partial charge < -0.3 is 0 Å². The molecule has 7 heteroatoms. The van der Waals surface area contributed by atoms with Crippen LogP contribution in [0.2, 0.25) is 0 Å². The van der Waals surface area contributed by atoms with Gasteiger partial charge in [-0.1, -0.05) is 74.6 Å². The number of aryl methyl sites for hydroxylation is 1. The standard InChI is InChI=1S/C34H37FN2O2S2/c35-32-21-26(10-6-9-25-7-4-5-8-25)13-17-33(32)36-41(38,39)31-16-14-29-23-37(20-19-28(29)22-31)24-30-15-18-34(40-30)27-11-2-1-3-12-27/h1-3,11-18,21-22,25,36H,4-10,19-20,23-24H2. The molecule has 1 N–H and O–H groups in total. The van der Waals surface area contributed by atoms with E-state index in [0.29, 0.717) is 0 Å². The molecule has 0 saturated heterocycles. The van der Waals surface area contributed by atoms with Crippen molar-refractivity contribution in [1.29, 1.82) is 0 Å². The summed E-state index contributed by atoms with van der Waals surface area (Å²) in [5, 5.41) is 0. The fourth-order valence-electron chi connectivity index (χ4n) is 6.23. The van der Waals surface area contributed by atoms with Gasteiger partial charge in [-0.3, -0.25) is 9.62 Å². The predicted octanol–water partition coefficient (Wildman–Crippen LogP) is 8.43. The van der Waals surface area contributed by atoms with E-state index in [9.17, 15) is 12.8 Å². The number of thiophene rings is 1. The third-order valence-corrected chi connectivity index (χ3v) is 11.0. The van der Waals surface area contributed by atoms with E-state index in [1.807, 2.05) is 29.5 Å². The Morgan fingerprint density at radius 1 is 0.927 bits per heavy atom. The minimum Gasteiger partial charge on any atom is -0.294 e. The summed E-state index contributed by atoms with van der Waals surface area (Å²) in [6.07, 6.45) is 9.15. The zero-order valence-electron chi connectivity index (χ0n) is 23.3. The summed E-state index contributed by atoms with van der Waals surface area (Å²) in [6, 6.07) is 25.0. The van der Waals surface area contributed by atoms with Crippen molar-refractivity contribution in [2.75, 3.05) is 11.3 Å². The Kier molecular flexibility index (Phi) is 8.56. The number of fused-ring (bicyclic) bond motifs is 1. The van der Waals surface area contributed by atoms with Gasteiger partial charge in [0, 0.05) is 29.4 Å². The minimum absolute atomic E-state index is 0.000686. The van der Waals surface area contributed by atoms with Crippen LogP contribution >= 0.6 is 11.3 Å². The second-order valence-electron chi connectivity index (χ2n) is 11.5. The van der Waals surface area contributed by atoms with Crippen LogP contribution < -0.4 is 4.72 Å². The van der Waals surface area contributed by atoms with Crippen molar-refractivity contribution in [2.24, 2.45) is 5.92 Å². The van der Waals surface area contributed by atoms with E-state index in [-0.39, 0.29) is 10.6 Å². The van der Waals surface area contributed by atoms with Crippen molar-refractivity contribution < 1.29 is 12.8 Å². The molecule has 0 radical (unpaired) electrons. The van der Waals surface area contributed by atoms with E-state index in [1.54, 1.807) is 18.2 Å². The SMILES string of the molecule is O=S(=O)(Nc1ccc(CCCC2CCCC2)cc1F)c1ccc2c(c1)CCN(Cc1ccc(-c3ccccc3)s1)C2. The average molecular weight is 589 g/mol. The molecule has 4 nitrogen and oxygen atoms in total. The molecule has 41 heavy (non-hydrogen) atoms. The summed E-state index contributed by atoms with van der Waals surface area (Å²) in [5.74, 6) is 0.296. The lowest BCUT2D eigenvalue weighted by Crippen LogP contribution is -2.30. The van der Waals surface area contributed by atoms with E-state index in [4.69, 9.17) is 0 Å². The predicted molar refractivity (Wildman–Crippen MR) is 166 cm³/mol. The molecule has 2 heterocycles. The van der Waals surface area contributed by atoms with E-state index >= 15 is 0 Å². The summed E-state index contributed by atoms with van der Waals surface area (Å²) in [5.41, 5.74) is 4.34. The van der Waals surface area contributed by atoms with Crippen LogP contribution in [0.5, 0.6) is 0 Å². The molecular weight excluding hydrogens is 552 g/mol. The first-order valence-electron chi connectivity index (χ1n) is 14.7. The highest BCUT2D eigenvalue weighted by molar-refractivity contribution is 7.92. The Bertz CT molecular complexity index is 1590. The molecule has 1 saturated carbocycles. The average Bonchev–Trinajstić information content (AvgIpc) is 3.67. The summed E-state index contributed by atoms with van der Waals surface area (Å²) in [7, 11) is -3.90. The number of hydrogen-bond acceptors (Lipinski definition) is 4. The van der Waals surface area contributed by atoms with Crippen LogP contribution in [0.15, 0.2) is 83.8 Å². The topological polar surface area (TPSA) is 49.4 Å². The molecule has 1 aliphatic heterocycles. The third kappa shape index (κ3) is 6.91. The normalized spacial score (nSPS) is 16.1. The van der Waals surface area contributed by atoms with Crippen LogP contribution in [-0.4, -0.2) is 19.9 Å². The van der Waals surface area contributed by atoms with Gasteiger partial charge in [0.05, 0.1) is 10.6 Å². The molecule has 0 spiro atoms. The molecule has 2 aliphatic rings. The molecule has 3 aromatic carbocycles. The Hall–Kier alpha value is -3.00. The maximum atomic E-state index is 14.9. The summed E-state index contributed by atoms with van der Waals surface area (Å²) in [6.45, 7) is 2.51. The van der Waals surface area contributed by atoms with Gasteiger partial charge in [-0.05, 0) is 83.8 Å². The number of anilines is 1. The molecular formula is C34H37FN2O2S2. The first kappa shape index (κ1) is 28.1. The highest BCUT2D eigenvalue weighted by atomic mass is 32.2. The van der Waals surface area contributed by atoms with Gasteiger partial charge in [-0.2, -0.15) is 0 Å². The van der Waals surface area contributed by atoms with Crippen molar-refractivity contribution in [3.05, 3.63) is 106 Å². The lowest BCUT2D eigenvalue weighted by atomic mass is 9.98. The van der Waals surface area contributed by atoms with Gasteiger partial charge >= 0.3 is 0 Å². The fourth-order valence-corrected chi connectivity index (χ4v) is 8.40. The van der Waals surface area contributed by atoms with Gasteiger partial charge in [0.15, 0.2) is 0 Å². The molecule has 0 unspecified atom stereocenters. The number of benzene rings is 3. The van der Waals surface area contributed by atoms with E-state index in [2.05, 4.69) is 46.0 Å². The number of halogens is 1. The van der Waals surface area contributed by atoms with Gasteiger partial charge in [-0.25, -0.2) is 12.8 Å². The first-order valence-corrected chi connectivity index (χ1v) is 17.0. The Labute approximate surface area is 247 Å². The van der Waals surface area contributed by atoms with Gasteiger partial charge in [0.2, 0.25) is 0 Å². The number of nitrogens with zero attached hydrogens (tertiary/aromatic N) is 1. The van der Waals surface area contributed by atoms with E-state index in [0.717, 1.165) is 61.5 Å². The highest BCUT2D eigenvalue weighted by Gasteiger charge is 2.22. The third-order valence-electron chi connectivity index (χ3n) is 8.51. The molecule has 214 valence electrons. The van der Waals surface area contributed by atoms with Crippen LogP contribution in [0.3, 0.4) is 0 Å². The first-order chi connectivity index (χ1) is 19.9. The van der Waals surface area contributed by atoms with Crippen molar-refractivity contribution >= 4 is 27.0 Å². The van der Waals surface area contributed by atoms with Crippen molar-refractivity contribution in [2.45, 2.75) is 69.4 Å². The van der Waals surface area contributed by atoms with Gasteiger partial charge in [0.25, 0.3) is 10.0 Å². The summed E-state index contributed by atoms with van der Waals surface area (Å²) in [4.78, 5) is 5.17. The number of rotatable bonds is 10. The number of sulfonamides is 1. The molecule has 0 bridgehead atoms. The van der Waals surface area contributed by atoms with Crippen LogP contribution in [0, 0.1) is 11.7 Å². The fraction of sp³-hybridized carbons (Fsp3) is 0.353. The van der Waals surface area contributed by atoms with E-state index in [1.165, 1.54) is 53.5 Å². The largest absolute Gasteiger partial charge is 0.294 e. The zero-order chi connectivity index (χ0) is 28.2. The smallest absolute Gasteiger partial charge is 0.261 e. The maximum absolute atomic E-state index is 14.9. The highest BCUT2D eigenvalue weighted by Crippen LogP contribution is 2.32. The molecule has 0 amide bonds. The van der Waals surface area contributed by atoms with Crippen molar-refractivity contribution in [3.8, 4) is 10.4 Å². The Balaban J connectivity index is 1.06. The Morgan fingerprint density at radius 3 is 2.56 bits per heavy atom. The monoisotopic (exact) mass is 588 g/mol. The van der Waals surface area contributed by atoms with Crippen molar-refractivity contribution in [3.63, 3.8) is 0 Å². The molecule has 0 atom stereocenters. The molecule has 6 rings (SSSR count). The lowest BCUT2D eigenvalue weighted by molar-refractivity contribution is 0.247. The Morgan fingerprint density at radius 2 is 1.76 bits per heavy atom. The second-order valence-corrected chi connectivity index (χ2v) is 14.3. The van der Waals surface area contributed by atoms with E-state index < -0.39 is 15.8 Å². The quantitative estimate of drug-likeness (QED) is 0.202. The van der Waals surface area contributed by atoms with Crippen LogP contribution in [0.1, 0.15) is 60.1 Å². The summed E-state index contributed by atoms with van der Waals surface area (Å²) >= 11 is 1.82. The zero-order valence-corrected chi connectivity index (χ0v) is 25.0. The van der Waals surface area contributed by atoms with Crippen LogP contribution in [-0.2, 0) is 36.0 Å².